The Morgan fingerprint density at radius 2 is 2.04 bits per heavy atom. The molecule has 0 aliphatic carbocycles. The lowest BCUT2D eigenvalue weighted by atomic mass is 10.2. The number of ether oxygens (including phenoxy) is 1. The third-order valence-corrected chi connectivity index (χ3v) is 6.15. The zero-order valence-electron chi connectivity index (χ0n) is 13.2. The number of hydrogen-bond acceptors (Lipinski definition) is 4. The van der Waals surface area contributed by atoms with E-state index in [0.717, 1.165) is 6.42 Å². The summed E-state index contributed by atoms with van der Waals surface area (Å²) in [5, 5.41) is 2.92. The number of sulfonamides is 1. The predicted molar refractivity (Wildman–Crippen MR) is 88.2 cm³/mol. The normalized spacial score (nSPS) is 17.7. The molecule has 1 aliphatic rings. The Hall–Kier alpha value is -1.15. The van der Waals surface area contributed by atoms with Gasteiger partial charge in [0.15, 0.2) is 0 Å². The summed E-state index contributed by atoms with van der Waals surface area (Å²) in [6.07, 6.45) is 0.790. The van der Waals surface area contributed by atoms with E-state index in [1.54, 1.807) is 0 Å². The molecular weight excluding hydrogens is 340 g/mol. The molecule has 1 atom stereocenters. The van der Waals surface area contributed by atoms with E-state index in [1.807, 2.05) is 13.8 Å². The Kier molecular flexibility index (Phi) is 6.02. The van der Waals surface area contributed by atoms with Crippen molar-refractivity contribution < 1.29 is 17.9 Å². The summed E-state index contributed by atoms with van der Waals surface area (Å²) in [5.74, 6) is -0.311. The molecular formula is C15H21ClN2O4S. The second-order valence-corrected chi connectivity index (χ2v) is 7.76. The first-order chi connectivity index (χ1) is 10.9. The molecule has 1 aromatic rings. The topological polar surface area (TPSA) is 75.7 Å². The molecule has 1 heterocycles. The number of hydrogen-bond donors (Lipinski definition) is 1. The van der Waals surface area contributed by atoms with Gasteiger partial charge in [-0.2, -0.15) is 4.31 Å². The molecule has 6 nitrogen and oxygen atoms in total. The molecule has 1 N–H and O–H groups in total. The van der Waals surface area contributed by atoms with Crippen LogP contribution in [0.15, 0.2) is 23.1 Å². The zero-order chi connectivity index (χ0) is 17.0. The predicted octanol–water partition coefficient (Wildman–Crippen LogP) is 1.89. The average molecular weight is 361 g/mol. The van der Waals surface area contributed by atoms with Crippen LogP contribution in [0.3, 0.4) is 0 Å². The van der Waals surface area contributed by atoms with Crippen LogP contribution in [0.4, 0.5) is 0 Å². The van der Waals surface area contributed by atoms with Crippen molar-refractivity contribution in [3.05, 3.63) is 28.8 Å². The number of nitrogens with one attached hydrogen (secondary N) is 1. The van der Waals surface area contributed by atoms with Gasteiger partial charge in [0.25, 0.3) is 5.91 Å². The molecule has 0 aromatic heterocycles. The van der Waals surface area contributed by atoms with Crippen LogP contribution in [-0.4, -0.2) is 51.0 Å². The standard InChI is InChI=1S/C15H21ClN2O4S/c1-3-11(2)17-15(19)12-4-5-13(16)14(10-12)23(20,21)18-6-8-22-9-7-18/h4-5,10-11H,3,6-9H2,1-2H3,(H,17,19)/t11-/m1/s1. The van der Waals surface area contributed by atoms with Crippen LogP contribution in [0.1, 0.15) is 30.6 Å². The molecule has 1 saturated heterocycles. The van der Waals surface area contributed by atoms with Gasteiger partial charge in [-0.15, -0.1) is 0 Å². The lowest BCUT2D eigenvalue weighted by Crippen LogP contribution is -2.40. The Labute approximate surface area is 141 Å². The van der Waals surface area contributed by atoms with Crippen LogP contribution in [0.5, 0.6) is 0 Å². The number of benzene rings is 1. The maximum atomic E-state index is 12.7. The second-order valence-electron chi connectivity index (χ2n) is 5.44. The second kappa shape index (κ2) is 7.61. The molecule has 1 aliphatic heterocycles. The number of halogens is 1. The molecule has 0 spiro atoms. The lowest BCUT2D eigenvalue weighted by molar-refractivity contribution is 0.0730. The van der Waals surface area contributed by atoms with Gasteiger partial charge >= 0.3 is 0 Å². The van der Waals surface area contributed by atoms with E-state index in [4.69, 9.17) is 16.3 Å². The highest BCUT2D eigenvalue weighted by atomic mass is 35.5. The SMILES string of the molecule is CC[C@@H](C)NC(=O)c1ccc(Cl)c(S(=O)(=O)N2CCOCC2)c1. The summed E-state index contributed by atoms with van der Waals surface area (Å²) in [7, 11) is -3.74. The minimum Gasteiger partial charge on any atom is -0.379 e. The van der Waals surface area contributed by atoms with Crippen molar-refractivity contribution in [1.29, 1.82) is 0 Å². The fraction of sp³-hybridized carbons (Fsp3) is 0.533. The van der Waals surface area contributed by atoms with E-state index >= 15 is 0 Å². The smallest absolute Gasteiger partial charge is 0.251 e. The van der Waals surface area contributed by atoms with Crippen LogP contribution < -0.4 is 5.32 Å². The van der Waals surface area contributed by atoms with Crippen molar-refractivity contribution in [2.24, 2.45) is 0 Å². The van der Waals surface area contributed by atoms with Crippen molar-refractivity contribution in [3.63, 3.8) is 0 Å². The van der Waals surface area contributed by atoms with Crippen LogP contribution in [0, 0.1) is 0 Å². The van der Waals surface area contributed by atoms with Crippen LogP contribution >= 0.6 is 11.6 Å². The fourth-order valence-corrected chi connectivity index (χ4v) is 4.09. The maximum absolute atomic E-state index is 12.7. The molecule has 1 fully saturated rings. The largest absolute Gasteiger partial charge is 0.379 e. The van der Waals surface area contributed by atoms with Gasteiger partial charge in [-0.3, -0.25) is 4.79 Å². The van der Waals surface area contributed by atoms with Crippen molar-refractivity contribution in [2.75, 3.05) is 26.3 Å². The highest BCUT2D eigenvalue weighted by Crippen LogP contribution is 2.26. The molecule has 2 rings (SSSR count). The number of carbonyl (C=O) groups excluding carboxylic acids is 1. The van der Waals surface area contributed by atoms with Crippen LogP contribution in [0.2, 0.25) is 5.02 Å². The van der Waals surface area contributed by atoms with Crippen molar-refractivity contribution in [2.45, 2.75) is 31.2 Å². The van der Waals surface area contributed by atoms with Gasteiger partial charge in [0.1, 0.15) is 4.90 Å². The highest BCUT2D eigenvalue weighted by Gasteiger charge is 2.29. The van der Waals surface area contributed by atoms with Crippen molar-refractivity contribution >= 4 is 27.5 Å². The zero-order valence-corrected chi connectivity index (χ0v) is 14.8. The van der Waals surface area contributed by atoms with Gasteiger partial charge in [0.2, 0.25) is 10.0 Å². The molecule has 23 heavy (non-hydrogen) atoms. The number of rotatable bonds is 5. The molecule has 8 heteroatoms. The molecule has 1 aromatic carbocycles. The third-order valence-electron chi connectivity index (χ3n) is 3.77. The van der Waals surface area contributed by atoms with Gasteiger partial charge in [-0.05, 0) is 31.5 Å². The molecule has 0 unspecified atom stereocenters. The minimum atomic E-state index is -3.74. The summed E-state index contributed by atoms with van der Waals surface area (Å²) in [6, 6.07) is 4.32. The molecule has 128 valence electrons. The summed E-state index contributed by atoms with van der Waals surface area (Å²) >= 11 is 6.07. The number of amides is 1. The molecule has 1 amide bonds. The summed E-state index contributed by atoms with van der Waals surface area (Å²) in [4.78, 5) is 12.2. The fourth-order valence-electron chi connectivity index (χ4n) is 2.18. The van der Waals surface area contributed by atoms with E-state index in [1.165, 1.54) is 22.5 Å². The Balaban J connectivity index is 2.31. The number of morpholine rings is 1. The minimum absolute atomic E-state index is 0.0116. The molecule has 0 radical (unpaired) electrons. The maximum Gasteiger partial charge on any atom is 0.251 e. The molecule has 0 saturated carbocycles. The van der Waals surface area contributed by atoms with Crippen molar-refractivity contribution in [1.82, 2.24) is 9.62 Å². The Bertz CT molecular complexity index is 672. The molecule has 0 bridgehead atoms. The number of nitrogens with zero attached hydrogens (tertiary/aromatic N) is 1. The first-order valence-corrected chi connectivity index (χ1v) is 9.36. The number of carbonyl (C=O) groups is 1. The highest BCUT2D eigenvalue weighted by molar-refractivity contribution is 7.89. The van der Waals surface area contributed by atoms with E-state index in [2.05, 4.69) is 5.32 Å². The van der Waals surface area contributed by atoms with E-state index in [-0.39, 0.29) is 40.5 Å². The first kappa shape index (κ1) is 18.2. The summed E-state index contributed by atoms with van der Waals surface area (Å²) < 4.78 is 31.9. The van der Waals surface area contributed by atoms with Crippen LogP contribution in [0.25, 0.3) is 0 Å². The Morgan fingerprint density at radius 1 is 1.39 bits per heavy atom. The Morgan fingerprint density at radius 3 is 2.65 bits per heavy atom. The average Bonchev–Trinajstić information content (AvgIpc) is 2.55. The third kappa shape index (κ3) is 4.23. The quantitative estimate of drug-likeness (QED) is 0.870. The van der Waals surface area contributed by atoms with Crippen molar-refractivity contribution in [3.8, 4) is 0 Å². The van der Waals surface area contributed by atoms with Gasteiger partial charge in [0.05, 0.1) is 18.2 Å². The monoisotopic (exact) mass is 360 g/mol. The van der Waals surface area contributed by atoms with Gasteiger partial charge in [-0.25, -0.2) is 8.42 Å². The summed E-state index contributed by atoms with van der Waals surface area (Å²) in [5.41, 5.74) is 0.279. The van der Waals surface area contributed by atoms with Gasteiger partial charge in [-0.1, -0.05) is 18.5 Å². The van der Waals surface area contributed by atoms with E-state index in [9.17, 15) is 13.2 Å². The van der Waals surface area contributed by atoms with Gasteiger partial charge in [0, 0.05) is 24.7 Å². The summed E-state index contributed by atoms with van der Waals surface area (Å²) in [6.45, 7) is 5.11. The lowest BCUT2D eigenvalue weighted by Gasteiger charge is -2.26. The van der Waals surface area contributed by atoms with Crippen LogP contribution in [-0.2, 0) is 14.8 Å². The van der Waals surface area contributed by atoms with E-state index in [0.29, 0.717) is 13.2 Å². The first-order valence-electron chi connectivity index (χ1n) is 7.54. The van der Waals surface area contributed by atoms with Gasteiger partial charge < -0.3 is 10.1 Å². The van der Waals surface area contributed by atoms with E-state index < -0.39 is 10.0 Å².